The maximum atomic E-state index is 14.6. The first-order valence-corrected chi connectivity index (χ1v) is 15.4. The fourth-order valence-electron chi connectivity index (χ4n) is 4.17. The van der Waals surface area contributed by atoms with E-state index >= 15 is 0 Å². The van der Waals surface area contributed by atoms with E-state index in [1.807, 2.05) is 0 Å². The van der Waals surface area contributed by atoms with E-state index in [9.17, 15) is 35.5 Å². The Kier molecular flexibility index (Phi) is 9.13. The van der Waals surface area contributed by atoms with Crippen LogP contribution in [-0.4, -0.2) is 57.4 Å². The number of benzene rings is 2. The van der Waals surface area contributed by atoms with Crippen molar-refractivity contribution < 1.29 is 40.2 Å². The maximum Gasteiger partial charge on any atom is 0.354 e. The molecule has 2 aromatic carbocycles. The number of nitrogens with one attached hydrogen (secondary N) is 1. The number of carbonyl (C=O) groups excluding carboxylic acids is 1. The molecule has 1 unspecified atom stereocenters. The van der Waals surface area contributed by atoms with Gasteiger partial charge in [0, 0.05) is 65.1 Å². The highest BCUT2D eigenvalue weighted by Gasteiger charge is 2.22. The summed E-state index contributed by atoms with van der Waals surface area (Å²) >= 11 is -2.89. The van der Waals surface area contributed by atoms with Crippen LogP contribution in [0.2, 0.25) is 0 Å². The Morgan fingerprint density at radius 1 is 1.10 bits per heavy atom. The van der Waals surface area contributed by atoms with Crippen LogP contribution in [-0.2, 0) is 32.9 Å². The first-order chi connectivity index (χ1) is 19.8. The molecule has 224 valence electrons. The number of aromatic amines is 1. The van der Waals surface area contributed by atoms with Crippen LogP contribution in [0.3, 0.4) is 0 Å². The van der Waals surface area contributed by atoms with Crippen LogP contribution < -0.4 is 14.6 Å². The van der Waals surface area contributed by atoms with Crippen molar-refractivity contribution in [2.75, 3.05) is 29.0 Å². The summed E-state index contributed by atoms with van der Waals surface area (Å²) in [5.74, 6) is -3.54. The number of esters is 1. The van der Waals surface area contributed by atoms with Gasteiger partial charge in [-0.2, -0.15) is 0 Å². The van der Waals surface area contributed by atoms with Crippen LogP contribution in [0.4, 0.5) is 14.5 Å². The Bertz CT molecular complexity index is 1850. The summed E-state index contributed by atoms with van der Waals surface area (Å²) in [6, 6.07) is 8.10. The second-order valence-electron chi connectivity index (χ2n) is 9.06. The Morgan fingerprint density at radius 3 is 2.45 bits per heavy atom. The van der Waals surface area contributed by atoms with Crippen molar-refractivity contribution in [1.82, 2.24) is 9.55 Å². The Labute approximate surface area is 242 Å². The molecule has 2 heterocycles. The molecule has 0 spiro atoms. The minimum atomic E-state index is -3.52. The van der Waals surface area contributed by atoms with Gasteiger partial charge in [-0.05, 0) is 43.3 Å². The molecule has 0 saturated carbocycles. The van der Waals surface area contributed by atoms with Crippen molar-refractivity contribution in [3.05, 3.63) is 76.3 Å². The third kappa shape index (κ3) is 6.53. The lowest BCUT2D eigenvalue weighted by Crippen LogP contribution is -2.31. The summed E-state index contributed by atoms with van der Waals surface area (Å²) < 4.78 is 89.5. The van der Waals surface area contributed by atoms with E-state index in [1.165, 1.54) is 49.0 Å². The lowest BCUT2D eigenvalue weighted by atomic mass is 10.0. The molecule has 4 rings (SSSR count). The van der Waals surface area contributed by atoms with Gasteiger partial charge in [0.1, 0.15) is 22.8 Å². The molecule has 15 heteroatoms. The van der Waals surface area contributed by atoms with Crippen LogP contribution in [0.15, 0.2) is 53.5 Å². The molecule has 4 aromatic rings. The normalized spacial score (nSPS) is 12.3. The van der Waals surface area contributed by atoms with E-state index in [2.05, 4.69) is 4.98 Å². The summed E-state index contributed by atoms with van der Waals surface area (Å²) in [5, 5.41) is 0.242. The number of pyridine rings is 1. The SMILES string of the molecule is CCOC(=O)c1cc2c(-c3cc(N(CCS(=O)(=O)CC)S(=O)[O-])ccc3Oc3ccc(F)cc3F)cn(C)c(=O)c2[nH]1. The van der Waals surface area contributed by atoms with Gasteiger partial charge in [0.15, 0.2) is 21.4 Å². The third-order valence-corrected chi connectivity index (χ3v) is 8.78. The highest BCUT2D eigenvalue weighted by atomic mass is 32.2. The van der Waals surface area contributed by atoms with Crippen molar-refractivity contribution in [2.45, 2.75) is 13.8 Å². The van der Waals surface area contributed by atoms with Crippen molar-refractivity contribution in [1.29, 1.82) is 0 Å². The van der Waals surface area contributed by atoms with Crippen LogP contribution in [0.1, 0.15) is 24.3 Å². The van der Waals surface area contributed by atoms with Gasteiger partial charge in [0.2, 0.25) is 0 Å². The summed E-state index contributed by atoms with van der Waals surface area (Å²) in [5.41, 5.74) is -0.0114. The standard InChI is InChI=1S/C27H27F2N3O8S2/c1-4-39-27(34)22-14-19-20(15-31(3)26(33)25(19)30-22)18-13-17(32(41(35)36)10-11-42(37,38)5-2)7-9-23(18)40-24-8-6-16(28)12-21(24)29/h6-9,12-15,30H,4-5,10-11H2,1-3H3,(H,35,36)/p-1. The van der Waals surface area contributed by atoms with E-state index < -0.39 is 56.6 Å². The largest absolute Gasteiger partial charge is 0.755 e. The predicted molar refractivity (Wildman–Crippen MR) is 152 cm³/mol. The fraction of sp³-hybridized carbons (Fsp3) is 0.259. The number of ether oxygens (including phenoxy) is 2. The molecule has 0 aliphatic heterocycles. The van der Waals surface area contributed by atoms with Crippen LogP contribution in [0.25, 0.3) is 22.0 Å². The van der Waals surface area contributed by atoms with Crippen LogP contribution >= 0.6 is 0 Å². The summed E-state index contributed by atoms with van der Waals surface area (Å²) in [6.45, 7) is 2.75. The smallest absolute Gasteiger partial charge is 0.354 e. The van der Waals surface area contributed by atoms with E-state index in [4.69, 9.17) is 9.47 Å². The molecule has 0 aliphatic carbocycles. The molecule has 0 amide bonds. The summed E-state index contributed by atoms with van der Waals surface area (Å²) in [6.07, 6.45) is 1.42. The molecule has 1 N–H and O–H groups in total. The first kappa shape index (κ1) is 30.9. The lowest BCUT2D eigenvalue weighted by Gasteiger charge is -2.27. The zero-order valence-electron chi connectivity index (χ0n) is 22.7. The zero-order chi connectivity index (χ0) is 30.8. The van der Waals surface area contributed by atoms with Crippen molar-refractivity contribution in [3.63, 3.8) is 0 Å². The minimum absolute atomic E-state index is 0.0131. The lowest BCUT2D eigenvalue weighted by molar-refractivity contribution is 0.0520. The predicted octanol–water partition coefficient (Wildman–Crippen LogP) is 3.82. The third-order valence-electron chi connectivity index (χ3n) is 6.34. The Hall–Kier alpha value is -4.08. The van der Waals surface area contributed by atoms with Gasteiger partial charge in [-0.15, -0.1) is 0 Å². The van der Waals surface area contributed by atoms with Gasteiger partial charge in [-0.3, -0.25) is 9.00 Å². The van der Waals surface area contributed by atoms with E-state index in [0.29, 0.717) is 6.07 Å². The van der Waals surface area contributed by atoms with E-state index in [1.54, 1.807) is 6.92 Å². The van der Waals surface area contributed by atoms with Gasteiger partial charge in [0.25, 0.3) is 5.56 Å². The number of fused-ring (bicyclic) bond motifs is 1. The number of anilines is 1. The minimum Gasteiger partial charge on any atom is -0.755 e. The Morgan fingerprint density at radius 2 is 1.81 bits per heavy atom. The van der Waals surface area contributed by atoms with Crippen molar-refractivity contribution in [3.8, 4) is 22.6 Å². The quantitative estimate of drug-likeness (QED) is 0.196. The number of aryl methyl sites for hydroxylation is 1. The van der Waals surface area contributed by atoms with E-state index in [-0.39, 0.29) is 57.3 Å². The number of hydrogen-bond donors (Lipinski definition) is 1. The second kappa shape index (κ2) is 12.4. The number of carbonyl (C=O) groups is 1. The molecule has 2 aromatic heterocycles. The zero-order valence-corrected chi connectivity index (χ0v) is 24.3. The number of sulfone groups is 1. The molecule has 0 fully saturated rings. The molecule has 11 nitrogen and oxygen atoms in total. The number of halogens is 2. The van der Waals surface area contributed by atoms with Crippen LogP contribution in [0, 0.1) is 11.6 Å². The summed E-state index contributed by atoms with van der Waals surface area (Å²) in [7, 11) is -2.07. The molecular formula is C27H26F2N3O8S2-. The van der Waals surface area contributed by atoms with Crippen LogP contribution in [0.5, 0.6) is 11.5 Å². The highest BCUT2D eigenvalue weighted by Crippen LogP contribution is 2.40. The van der Waals surface area contributed by atoms with Gasteiger partial charge in [0.05, 0.1) is 12.4 Å². The Balaban J connectivity index is 1.95. The van der Waals surface area contributed by atoms with Gasteiger partial charge >= 0.3 is 5.97 Å². The number of aromatic nitrogens is 2. The number of hydrogen-bond acceptors (Lipinski definition) is 8. The molecule has 42 heavy (non-hydrogen) atoms. The monoisotopic (exact) mass is 622 g/mol. The molecule has 0 aliphatic rings. The molecule has 1 atom stereocenters. The number of H-pyrrole nitrogens is 1. The average Bonchev–Trinajstić information content (AvgIpc) is 3.39. The highest BCUT2D eigenvalue weighted by molar-refractivity contribution is 7.91. The van der Waals surface area contributed by atoms with Gasteiger partial charge in [-0.1, -0.05) is 6.92 Å². The molecular weight excluding hydrogens is 596 g/mol. The van der Waals surface area contributed by atoms with E-state index in [0.717, 1.165) is 16.4 Å². The van der Waals surface area contributed by atoms with Gasteiger partial charge < -0.3 is 27.9 Å². The maximum absolute atomic E-state index is 14.6. The van der Waals surface area contributed by atoms with Gasteiger partial charge in [-0.25, -0.2) is 22.0 Å². The van der Waals surface area contributed by atoms with Crippen molar-refractivity contribution in [2.24, 2.45) is 7.05 Å². The fourth-order valence-corrected chi connectivity index (χ4v) is 5.56. The van der Waals surface area contributed by atoms with Crippen molar-refractivity contribution >= 4 is 43.7 Å². The molecule has 0 bridgehead atoms. The first-order valence-electron chi connectivity index (χ1n) is 12.6. The molecule has 0 radical (unpaired) electrons. The average molecular weight is 623 g/mol. The molecule has 0 saturated heterocycles. The second-order valence-corrected chi connectivity index (χ2v) is 12.4. The number of rotatable bonds is 11. The topological polar surface area (TPSA) is 151 Å². The summed E-state index contributed by atoms with van der Waals surface area (Å²) in [4.78, 5) is 28.1. The number of nitrogens with zero attached hydrogens (tertiary/aromatic N) is 2.